The number of rotatable bonds is 4. The van der Waals surface area contributed by atoms with Gasteiger partial charge in [0.2, 0.25) is 0 Å². The molecule has 1 aliphatic rings. The topological polar surface area (TPSA) is 41.1 Å². The van der Waals surface area contributed by atoms with Crippen LogP contribution in [-0.4, -0.2) is 12.1 Å². The lowest BCUT2D eigenvalue weighted by molar-refractivity contribution is -0.137. The lowest BCUT2D eigenvalue weighted by Gasteiger charge is -2.17. The van der Waals surface area contributed by atoms with E-state index in [0.717, 1.165) is 17.7 Å². The van der Waals surface area contributed by atoms with Gasteiger partial charge in [-0.1, -0.05) is 24.3 Å². The fraction of sp³-hybridized carbons (Fsp3) is 0.316. The lowest BCUT2D eigenvalue weighted by atomic mass is 10.1. The van der Waals surface area contributed by atoms with E-state index in [9.17, 15) is 22.4 Å². The van der Waals surface area contributed by atoms with Crippen LogP contribution in [0.5, 0.6) is 0 Å². The fourth-order valence-corrected chi connectivity index (χ4v) is 2.93. The third-order valence-corrected chi connectivity index (χ3v) is 4.45. The van der Waals surface area contributed by atoms with Crippen molar-refractivity contribution in [1.82, 2.24) is 10.6 Å². The largest absolute Gasteiger partial charge is 0.416 e. The fourth-order valence-electron chi connectivity index (χ4n) is 2.93. The van der Waals surface area contributed by atoms with Crippen molar-refractivity contribution in [2.75, 3.05) is 0 Å². The van der Waals surface area contributed by atoms with Crippen LogP contribution in [0, 0.1) is 5.82 Å². The molecule has 3 unspecified atom stereocenters. The zero-order valence-electron chi connectivity index (χ0n) is 14.0. The number of amides is 2. The van der Waals surface area contributed by atoms with Crippen LogP contribution in [0.3, 0.4) is 0 Å². The van der Waals surface area contributed by atoms with Crippen molar-refractivity contribution >= 4 is 6.03 Å². The van der Waals surface area contributed by atoms with E-state index in [0.29, 0.717) is 12.0 Å². The summed E-state index contributed by atoms with van der Waals surface area (Å²) >= 11 is 0. The Bertz CT molecular complexity index is 806. The quantitative estimate of drug-likeness (QED) is 0.753. The maximum Gasteiger partial charge on any atom is 0.416 e. The normalized spacial score (nSPS) is 20.3. The molecule has 3 rings (SSSR count). The minimum atomic E-state index is -4.43. The van der Waals surface area contributed by atoms with Crippen molar-refractivity contribution < 1.29 is 22.4 Å². The molecule has 1 saturated carbocycles. The average Bonchev–Trinajstić information content (AvgIpc) is 3.33. The Morgan fingerprint density at radius 3 is 2.58 bits per heavy atom. The summed E-state index contributed by atoms with van der Waals surface area (Å²) in [5.41, 5.74) is 0.436. The molecule has 2 aromatic carbocycles. The molecule has 0 heterocycles. The van der Waals surface area contributed by atoms with Crippen LogP contribution in [0.4, 0.5) is 22.4 Å². The predicted molar refractivity (Wildman–Crippen MR) is 89.1 cm³/mol. The van der Waals surface area contributed by atoms with Crippen molar-refractivity contribution in [3.8, 4) is 0 Å². The van der Waals surface area contributed by atoms with Crippen LogP contribution in [0.1, 0.15) is 42.0 Å². The van der Waals surface area contributed by atoms with E-state index >= 15 is 0 Å². The van der Waals surface area contributed by atoms with Crippen LogP contribution >= 0.6 is 0 Å². The summed E-state index contributed by atoms with van der Waals surface area (Å²) < 4.78 is 51.6. The molecule has 0 aliphatic heterocycles. The Hall–Kier alpha value is -2.57. The molecule has 0 bridgehead atoms. The maximum atomic E-state index is 13.2. The molecule has 0 radical (unpaired) electrons. The molecule has 0 saturated heterocycles. The van der Waals surface area contributed by atoms with Gasteiger partial charge in [-0.15, -0.1) is 0 Å². The molecule has 3 nitrogen and oxygen atoms in total. The van der Waals surface area contributed by atoms with E-state index in [2.05, 4.69) is 10.6 Å². The smallest absolute Gasteiger partial charge is 0.335 e. The summed E-state index contributed by atoms with van der Waals surface area (Å²) in [6, 6.07) is 9.94. The summed E-state index contributed by atoms with van der Waals surface area (Å²) in [4.78, 5) is 12.1. The van der Waals surface area contributed by atoms with Gasteiger partial charge in [-0.2, -0.15) is 13.2 Å². The average molecular weight is 366 g/mol. The Morgan fingerprint density at radius 1 is 1.15 bits per heavy atom. The van der Waals surface area contributed by atoms with E-state index in [1.807, 2.05) is 0 Å². The van der Waals surface area contributed by atoms with Crippen molar-refractivity contribution in [2.24, 2.45) is 0 Å². The van der Waals surface area contributed by atoms with Crippen LogP contribution in [0.15, 0.2) is 48.5 Å². The molecule has 7 heteroatoms. The molecule has 0 aromatic heterocycles. The van der Waals surface area contributed by atoms with Gasteiger partial charge < -0.3 is 10.6 Å². The summed E-state index contributed by atoms with van der Waals surface area (Å²) in [6.45, 7) is 1.62. The summed E-state index contributed by atoms with van der Waals surface area (Å²) in [6.07, 6.45) is -3.72. The molecular weight excluding hydrogens is 348 g/mol. The summed E-state index contributed by atoms with van der Waals surface area (Å²) in [7, 11) is 0. The predicted octanol–water partition coefficient (Wildman–Crippen LogP) is 4.76. The van der Waals surface area contributed by atoms with E-state index in [1.165, 1.54) is 24.3 Å². The second-order valence-corrected chi connectivity index (χ2v) is 6.47. The monoisotopic (exact) mass is 366 g/mol. The minimum Gasteiger partial charge on any atom is -0.335 e. The number of halogens is 4. The molecule has 1 aliphatic carbocycles. The first-order chi connectivity index (χ1) is 12.2. The van der Waals surface area contributed by atoms with Crippen molar-refractivity contribution in [3.05, 3.63) is 71.0 Å². The van der Waals surface area contributed by atoms with Gasteiger partial charge in [0.25, 0.3) is 0 Å². The first-order valence-electron chi connectivity index (χ1n) is 8.23. The standard InChI is InChI=1S/C19H18F4N2O/c1-11(12-4-2-6-14(8-12)19(21,22)23)24-18(26)25-17-10-16(17)13-5-3-7-15(20)9-13/h2-9,11,16-17H,10H2,1H3,(H2,24,25,26). The number of carbonyl (C=O) groups is 1. The highest BCUT2D eigenvalue weighted by Gasteiger charge is 2.39. The van der Waals surface area contributed by atoms with Crippen LogP contribution < -0.4 is 10.6 Å². The second-order valence-electron chi connectivity index (χ2n) is 6.47. The summed E-state index contributed by atoms with van der Waals surface area (Å²) in [5, 5.41) is 5.41. The molecule has 2 amide bonds. The molecule has 2 aromatic rings. The Kier molecular flexibility index (Phi) is 4.89. The Labute approximate surface area is 148 Å². The minimum absolute atomic E-state index is 0.0558. The highest BCUT2D eigenvalue weighted by Crippen LogP contribution is 2.40. The van der Waals surface area contributed by atoms with E-state index in [1.54, 1.807) is 19.1 Å². The third-order valence-electron chi connectivity index (χ3n) is 4.45. The van der Waals surface area contributed by atoms with Gasteiger partial charge in [0.15, 0.2) is 0 Å². The Morgan fingerprint density at radius 2 is 1.88 bits per heavy atom. The number of alkyl halides is 3. The van der Waals surface area contributed by atoms with Gasteiger partial charge in [0, 0.05) is 12.0 Å². The van der Waals surface area contributed by atoms with Crippen molar-refractivity contribution in [3.63, 3.8) is 0 Å². The summed E-state index contributed by atoms with van der Waals surface area (Å²) in [5.74, 6) is -0.268. The van der Waals surface area contributed by atoms with Crippen molar-refractivity contribution in [1.29, 1.82) is 0 Å². The zero-order valence-corrected chi connectivity index (χ0v) is 14.0. The number of hydrogen-bond donors (Lipinski definition) is 2. The van der Waals surface area contributed by atoms with Gasteiger partial charge >= 0.3 is 12.2 Å². The molecule has 138 valence electrons. The second kappa shape index (κ2) is 6.97. The molecule has 1 fully saturated rings. The van der Waals surface area contributed by atoms with Gasteiger partial charge in [0.1, 0.15) is 5.82 Å². The van der Waals surface area contributed by atoms with Gasteiger partial charge in [-0.05, 0) is 48.7 Å². The van der Waals surface area contributed by atoms with Gasteiger partial charge in [-0.3, -0.25) is 0 Å². The van der Waals surface area contributed by atoms with Crippen LogP contribution in [0.2, 0.25) is 0 Å². The van der Waals surface area contributed by atoms with E-state index < -0.39 is 23.8 Å². The number of urea groups is 1. The number of hydrogen-bond acceptors (Lipinski definition) is 1. The molecular formula is C19H18F4N2O. The SMILES string of the molecule is CC(NC(=O)NC1CC1c1cccc(F)c1)c1cccc(C(F)(F)F)c1. The highest BCUT2D eigenvalue weighted by atomic mass is 19.4. The molecule has 26 heavy (non-hydrogen) atoms. The van der Waals surface area contributed by atoms with Crippen molar-refractivity contribution in [2.45, 2.75) is 37.5 Å². The number of benzene rings is 2. The first-order valence-corrected chi connectivity index (χ1v) is 8.23. The third kappa shape index (κ3) is 4.33. The molecule has 2 N–H and O–H groups in total. The van der Waals surface area contributed by atoms with Gasteiger partial charge in [0.05, 0.1) is 11.6 Å². The van der Waals surface area contributed by atoms with Crippen LogP contribution in [-0.2, 0) is 6.18 Å². The number of carbonyl (C=O) groups excluding carboxylic acids is 1. The Balaban J connectivity index is 1.56. The molecule has 3 atom stereocenters. The zero-order chi connectivity index (χ0) is 18.9. The lowest BCUT2D eigenvalue weighted by Crippen LogP contribution is -2.38. The van der Waals surface area contributed by atoms with Gasteiger partial charge in [-0.25, -0.2) is 9.18 Å². The first kappa shape index (κ1) is 18.2. The highest BCUT2D eigenvalue weighted by molar-refractivity contribution is 5.75. The van der Waals surface area contributed by atoms with Crippen LogP contribution in [0.25, 0.3) is 0 Å². The van der Waals surface area contributed by atoms with E-state index in [4.69, 9.17) is 0 Å². The molecule has 0 spiro atoms. The number of nitrogens with one attached hydrogen (secondary N) is 2. The maximum absolute atomic E-state index is 13.2. The van der Waals surface area contributed by atoms with E-state index in [-0.39, 0.29) is 17.8 Å².